The normalized spacial score (nSPS) is 18.8. The lowest BCUT2D eigenvalue weighted by Gasteiger charge is -2.35. The number of amides is 5. The average molecular weight is 509 g/mol. The van der Waals surface area contributed by atoms with Crippen molar-refractivity contribution in [2.75, 3.05) is 36.5 Å². The van der Waals surface area contributed by atoms with Gasteiger partial charge in [0.1, 0.15) is 5.82 Å². The number of fused-ring (bicyclic) bond motifs is 1. The predicted octanol–water partition coefficient (Wildman–Crippen LogP) is 1.55. The molecule has 37 heavy (non-hydrogen) atoms. The Morgan fingerprint density at radius 3 is 2.62 bits per heavy atom. The molecule has 1 aromatic carbocycles. The molecule has 1 saturated carbocycles. The molecule has 3 aliphatic rings. The number of morpholine rings is 1. The van der Waals surface area contributed by atoms with Crippen molar-refractivity contribution in [3.63, 3.8) is 0 Å². The number of urea groups is 2. The van der Waals surface area contributed by atoms with Crippen LogP contribution in [0.5, 0.6) is 0 Å². The third-order valence-electron chi connectivity index (χ3n) is 6.70. The van der Waals surface area contributed by atoms with Gasteiger partial charge in [-0.25, -0.2) is 19.6 Å². The minimum absolute atomic E-state index is 0.0887. The fourth-order valence-electron chi connectivity index (χ4n) is 4.56. The van der Waals surface area contributed by atoms with Crippen LogP contribution >= 0.6 is 0 Å². The highest BCUT2D eigenvalue weighted by Crippen LogP contribution is 2.34. The fraction of sp³-hybridized carbons (Fsp3) is 0.480. The second-order valence-corrected chi connectivity index (χ2v) is 9.65. The SMILES string of the molecule is C[C@H]1COCCN1c1nc(-c2ccc(NC(=O)NC3CC3)cc2)nc2c1CN(C(=O)CCNC(N)=O)C2. The molecule has 12 nitrogen and oxygen atoms in total. The van der Waals surface area contributed by atoms with Crippen LogP contribution in [0.25, 0.3) is 11.4 Å². The Hall–Kier alpha value is -3.93. The lowest BCUT2D eigenvalue weighted by Crippen LogP contribution is -2.44. The quantitative estimate of drug-likeness (QED) is 0.442. The molecule has 5 rings (SSSR count). The topological polar surface area (TPSA) is 155 Å². The standard InChI is InChI=1S/C25H32N8O4/c1-15-14-37-11-10-33(15)23-19-12-32(21(34)8-9-27-24(26)35)13-20(19)30-22(31-23)16-2-4-17(5-3-16)28-25(36)29-18-6-7-18/h2-5,15,18H,6-14H2,1H3,(H3,26,27,35)(H2,28,29,36)/t15-/m0/s1. The number of nitrogens with one attached hydrogen (secondary N) is 3. The van der Waals surface area contributed by atoms with Crippen LogP contribution in [0.2, 0.25) is 0 Å². The number of carbonyl (C=O) groups excluding carboxylic acids is 3. The summed E-state index contributed by atoms with van der Waals surface area (Å²) in [5, 5.41) is 8.22. The highest BCUT2D eigenvalue weighted by molar-refractivity contribution is 5.90. The number of anilines is 2. The maximum atomic E-state index is 12.8. The van der Waals surface area contributed by atoms with Gasteiger partial charge >= 0.3 is 12.1 Å². The number of benzene rings is 1. The maximum absolute atomic E-state index is 12.8. The number of nitrogens with zero attached hydrogens (tertiary/aromatic N) is 4. The van der Waals surface area contributed by atoms with Gasteiger partial charge in [0.15, 0.2) is 5.82 Å². The zero-order valence-electron chi connectivity index (χ0n) is 20.8. The Morgan fingerprint density at radius 1 is 1.14 bits per heavy atom. The van der Waals surface area contributed by atoms with Crippen LogP contribution in [-0.4, -0.2) is 71.2 Å². The van der Waals surface area contributed by atoms with Gasteiger partial charge in [0, 0.05) is 42.4 Å². The van der Waals surface area contributed by atoms with Crippen LogP contribution in [0.4, 0.5) is 21.1 Å². The molecular weight excluding hydrogens is 476 g/mol. The smallest absolute Gasteiger partial charge is 0.319 e. The van der Waals surface area contributed by atoms with Gasteiger partial charge in [-0.3, -0.25) is 4.79 Å². The first-order valence-corrected chi connectivity index (χ1v) is 12.6. The summed E-state index contributed by atoms with van der Waals surface area (Å²) in [6.45, 7) is 4.94. The van der Waals surface area contributed by atoms with E-state index in [1.54, 1.807) is 4.90 Å². The molecule has 196 valence electrons. The van der Waals surface area contributed by atoms with E-state index in [2.05, 4.69) is 27.8 Å². The molecule has 5 N–H and O–H groups in total. The van der Waals surface area contributed by atoms with Crippen molar-refractivity contribution < 1.29 is 19.1 Å². The molecular formula is C25H32N8O4. The van der Waals surface area contributed by atoms with E-state index in [0.29, 0.717) is 44.4 Å². The molecule has 1 aliphatic carbocycles. The zero-order valence-corrected chi connectivity index (χ0v) is 20.8. The van der Waals surface area contributed by atoms with Gasteiger partial charge < -0.3 is 36.2 Å². The van der Waals surface area contributed by atoms with Crippen molar-refractivity contribution in [2.45, 2.75) is 51.4 Å². The Balaban J connectivity index is 1.38. The first-order valence-electron chi connectivity index (χ1n) is 12.6. The zero-order chi connectivity index (χ0) is 25.9. The molecule has 0 spiro atoms. The van der Waals surface area contributed by atoms with E-state index in [-0.39, 0.29) is 37.0 Å². The first-order chi connectivity index (χ1) is 17.9. The summed E-state index contributed by atoms with van der Waals surface area (Å²) in [6.07, 6.45) is 2.21. The van der Waals surface area contributed by atoms with Crippen LogP contribution < -0.4 is 26.6 Å². The largest absolute Gasteiger partial charge is 0.377 e. The van der Waals surface area contributed by atoms with Gasteiger partial charge in [0.25, 0.3) is 0 Å². The molecule has 2 fully saturated rings. The van der Waals surface area contributed by atoms with E-state index < -0.39 is 6.03 Å². The molecule has 1 atom stereocenters. The molecule has 12 heteroatoms. The Bertz CT molecular complexity index is 1180. The molecule has 2 aliphatic heterocycles. The lowest BCUT2D eigenvalue weighted by molar-refractivity contribution is -0.131. The van der Waals surface area contributed by atoms with Crippen LogP contribution in [-0.2, 0) is 22.6 Å². The highest BCUT2D eigenvalue weighted by Gasteiger charge is 2.32. The number of rotatable bonds is 7. The monoisotopic (exact) mass is 508 g/mol. The summed E-state index contributed by atoms with van der Waals surface area (Å²) in [6, 6.07) is 6.98. The summed E-state index contributed by atoms with van der Waals surface area (Å²) in [5.74, 6) is 1.28. The molecule has 0 unspecified atom stereocenters. The number of ether oxygens (including phenoxy) is 1. The number of primary amides is 1. The van der Waals surface area contributed by atoms with Gasteiger partial charge in [0.05, 0.1) is 38.0 Å². The number of carbonyl (C=O) groups is 3. The number of hydrogen-bond donors (Lipinski definition) is 4. The third kappa shape index (κ3) is 5.91. The van der Waals surface area contributed by atoms with Gasteiger partial charge in [-0.2, -0.15) is 0 Å². The molecule has 0 radical (unpaired) electrons. The van der Waals surface area contributed by atoms with Crippen LogP contribution in [0.1, 0.15) is 37.4 Å². The van der Waals surface area contributed by atoms with E-state index in [4.69, 9.17) is 20.4 Å². The molecule has 0 bridgehead atoms. The van der Waals surface area contributed by atoms with E-state index in [1.165, 1.54) is 0 Å². The van der Waals surface area contributed by atoms with Gasteiger partial charge in [0.2, 0.25) is 5.91 Å². The summed E-state index contributed by atoms with van der Waals surface area (Å²) in [7, 11) is 0. The van der Waals surface area contributed by atoms with Crippen LogP contribution in [0, 0.1) is 0 Å². The summed E-state index contributed by atoms with van der Waals surface area (Å²) < 4.78 is 5.63. The van der Waals surface area contributed by atoms with Crippen molar-refractivity contribution >= 4 is 29.5 Å². The fourth-order valence-corrected chi connectivity index (χ4v) is 4.56. The third-order valence-corrected chi connectivity index (χ3v) is 6.70. The minimum Gasteiger partial charge on any atom is -0.377 e. The highest BCUT2D eigenvalue weighted by atomic mass is 16.5. The predicted molar refractivity (Wildman–Crippen MR) is 137 cm³/mol. The van der Waals surface area contributed by atoms with Crippen molar-refractivity contribution in [1.29, 1.82) is 0 Å². The van der Waals surface area contributed by atoms with E-state index >= 15 is 0 Å². The van der Waals surface area contributed by atoms with E-state index in [1.807, 2.05) is 24.3 Å². The van der Waals surface area contributed by atoms with E-state index in [9.17, 15) is 14.4 Å². The lowest BCUT2D eigenvalue weighted by atomic mass is 10.1. The number of nitrogens with two attached hydrogens (primary N) is 1. The van der Waals surface area contributed by atoms with Crippen molar-refractivity contribution in [2.24, 2.45) is 5.73 Å². The van der Waals surface area contributed by atoms with Crippen LogP contribution in [0.15, 0.2) is 24.3 Å². The molecule has 5 amide bonds. The summed E-state index contributed by atoms with van der Waals surface area (Å²) >= 11 is 0. The summed E-state index contributed by atoms with van der Waals surface area (Å²) in [5.41, 5.74) is 8.35. The minimum atomic E-state index is -0.652. The van der Waals surface area contributed by atoms with Crippen molar-refractivity contribution in [1.82, 2.24) is 25.5 Å². The number of aromatic nitrogens is 2. The number of hydrogen-bond acceptors (Lipinski definition) is 7. The maximum Gasteiger partial charge on any atom is 0.319 e. The Morgan fingerprint density at radius 2 is 1.92 bits per heavy atom. The van der Waals surface area contributed by atoms with Crippen LogP contribution in [0.3, 0.4) is 0 Å². The van der Waals surface area contributed by atoms with Gasteiger partial charge in [-0.05, 0) is 44.0 Å². The molecule has 2 aromatic rings. The van der Waals surface area contributed by atoms with Crippen molar-refractivity contribution in [3.8, 4) is 11.4 Å². The van der Waals surface area contributed by atoms with E-state index in [0.717, 1.165) is 35.5 Å². The average Bonchev–Trinajstić information content (AvgIpc) is 3.57. The second kappa shape index (κ2) is 10.6. The first kappa shape index (κ1) is 24.8. The van der Waals surface area contributed by atoms with Crippen molar-refractivity contribution in [3.05, 3.63) is 35.5 Å². The summed E-state index contributed by atoms with van der Waals surface area (Å²) in [4.78, 5) is 49.6. The Kier molecular flexibility index (Phi) is 7.08. The van der Waals surface area contributed by atoms with Gasteiger partial charge in [-0.15, -0.1) is 0 Å². The second-order valence-electron chi connectivity index (χ2n) is 9.65. The molecule has 1 saturated heterocycles. The van der Waals surface area contributed by atoms with Gasteiger partial charge in [-0.1, -0.05) is 0 Å². The molecule has 1 aromatic heterocycles. The Labute approximate surface area is 214 Å². The molecule has 3 heterocycles.